The number of carbonyl (C=O) groups excluding carboxylic acids is 2. The molecule has 142 valence electrons. The molecule has 2 aromatic carbocycles. The summed E-state index contributed by atoms with van der Waals surface area (Å²) in [6.45, 7) is 4.31. The van der Waals surface area contributed by atoms with Crippen LogP contribution in [0.2, 0.25) is 0 Å². The van der Waals surface area contributed by atoms with E-state index in [1.165, 1.54) is 23.3 Å². The van der Waals surface area contributed by atoms with Crippen LogP contribution in [-0.2, 0) is 22.4 Å². The summed E-state index contributed by atoms with van der Waals surface area (Å²) in [5, 5.41) is 0. The number of halogens is 1. The van der Waals surface area contributed by atoms with Crippen molar-refractivity contribution in [1.82, 2.24) is 9.80 Å². The minimum Gasteiger partial charge on any atom is -0.339 e. The molecule has 1 heterocycles. The number of aryl methyl sites for hydroxylation is 2. The fraction of sp³-hybridized carbons (Fsp3) is 0.364. The van der Waals surface area contributed by atoms with E-state index in [4.69, 9.17) is 0 Å². The summed E-state index contributed by atoms with van der Waals surface area (Å²) >= 11 is 0. The Labute approximate surface area is 159 Å². The molecule has 4 nitrogen and oxygen atoms in total. The lowest BCUT2D eigenvalue weighted by molar-refractivity contribution is -0.139. The van der Waals surface area contributed by atoms with Crippen LogP contribution < -0.4 is 0 Å². The molecular formula is C22H25FN2O2. The van der Waals surface area contributed by atoms with Gasteiger partial charge in [0.2, 0.25) is 11.8 Å². The molecule has 27 heavy (non-hydrogen) atoms. The van der Waals surface area contributed by atoms with Gasteiger partial charge in [-0.25, -0.2) is 4.39 Å². The number of hydrogen-bond acceptors (Lipinski definition) is 2. The van der Waals surface area contributed by atoms with Gasteiger partial charge < -0.3 is 9.80 Å². The lowest BCUT2D eigenvalue weighted by Gasteiger charge is -2.35. The van der Waals surface area contributed by atoms with Gasteiger partial charge in [-0.15, -0.1) is 0 Å². The highest BCUT2D eigenvalue weighted by molar-refractivity contribution is 5.80. The van der Waals surface area contributed by atoms with Crippen molar-refractivity contribution in [2.75, 3.05) is 26.2 Å². The third kappa shape index (κ3) is 5.16. The Hall–Kier alpha value is -2.69. The predicted octanol–water partition coefficient (Wildman–Crippen LogP) is 2.98. The molecule has 0 N–H and O–H groups in total. The SMILES string of the molecule is Cc1ccccc1CCC(=O)N1CCN(C(=O)Cc2ccc(F)cc2)CC1. The lowest BCUT2D eigenvalue weighted by atomic mass is 10.0. The fourth-order valence-corrected chi connectivity index (χ4v) is 3.38. The van der Waals surface area contributed by atoms with Crippen LogP contribution in [0.5, 0.6) is 0 Å². The molecule has 1 fully saturated rings. The van der Waals surface area contributed by atoms with E-state index >= 15 is 0 Å². The molecule has 0 spiro atoms. The molecule has 2 aromatic rings. The van der Waals surface area contributed by atoms with E-state index < -0.39 is 0 Å². The Kier molecular flexibility index (Phi) is 6.22. The summed E-state index contributed by atoms with van der Waals surface area (Å²) in [5.41, 5.74) is 3.22. The van der Waals surface area contributed by atoms with Crippen molar-refractivity contribution in [2.45, 2.75) is 26.2 Å². The van der Waals surface area contributed by atoms with Crippen LogP contribution in [0, 0.1) is 12.7 Å². The molecule has 1 aliphatic heterocycles. The van der Waals surface area contributed by atoms with Gasteiger partial charge in [-0.3, -0.25) is 9.59 Å². The molecule has 1 saturated heterocycles. The van der Waals surface area contributed by atoms with Crippen molar-refractivity contribution in [3.8, 4) is 0 Å². The Morgan fingerprint density at radius 2 is 1.48 bits per heavy atom. The van der Waals surface area contributed by atoms with Crippen LogP contribution in [0.25, 0.3) is 0 Å². The second-order valence-corrected chi connectivity index (χ2v) is 6.99. The van der Waals surface area contributed by atoms with Gasteiger partial charge in [0.15, 0.2) is 0 Å². The second kappa shape index (κ2) is 8.80. The van der Waals surface area contributed by atoms with Gasteiger partial charge in [0, 0.05) is 32.6 Å². The monoisotopic (exact) mass is 368 g/mol. The van der Waals surface area contributed by atoms with Crippen molar-refractivity contribution in [2.24, 2.45) is 0 Å². The number of rotatable bonds is 5. The molecule has 0 aliphatic carbocycles. The van der Waals surface area contributed by atoms with Crippen molar-refractivity contribution in [3.63, 3.8) is 0 Å². The predicted molar refractivity (Wildman–Crippen MR) is 103 cm³/mol. The van der Waals surface area contributed by atoms with Gasteiger partial charge >= 0.3 is 0 Å². The van der Waals surface area contributed by atoms with Crippen LogP contribution in [0.1, 0.15) is 23.1 Å². The standard InChI is InChI=1S/C22H25FN2O2/c1-17-4-2-3-5-19(17)8-11-21(26)24-12-14-25(15-13-24)22(27)16-18-6-9-20(23)10-7-18/h2-7,9-10H,8,11-16H2,1H3. The van der Waals surface area contributed by atoms with Crippen LogP contribution in [-0.4, -0.2) is 47.8 Å². The minimum atomic E-state index is -0.302. The molecule has 0 saturated carbocycles. The largest absolute Gasteiger partial charge is 0.339 e. The van der Waals surface area contributed by atoms with Gasteiger partial charge in [0.25, 0.3) is 0 Å². The molecule has 0 unspecified atom stereocenters. The summed E-state index contributed by atoms with van der Waals surface area (Å²) in [4.78, 5) is 28.5. The topological polar surface area (TPSA) is 40.6 Å². The highest BCUT2D eigenvalue weighted by Crippen LogP contribution is 2.13. The number of carbonyl (C=O) groups is 2. The zero-order valence-corrected chi connectivity index (χ0v) is 15.7. The number of piperazine rings is 1. The van der Waals surface area contributed by atoms with Gasteiger partial charge in [-0.2, -0.15) is 0 Å². The Bertz CT molecular complexity index is 796. The summed E-state index contributed by atoms with van der Waals surface area (Å²) < 4.78 is 13.0. The van der Waals surface area contributed by atoms with E-state index in [2.05, 4.69) is 19.1 Å². The molecule has 0 atom stereocenters. The van der Waals surface area contributed by atoms with Crippen molar-refractivity contribution in [3.05, 3.63) is 71.0 Å². The minimum absolute atomic E-state index is 0.0219. The number of benzene rings is 2. The maximum Gasteiger partial charge on any atom is 0.227 e. The van der Waals surface area contributed by atoms with Crippen molar-refractivity contribution >= 4 is 11.8 Å². The first kappa shape index (κ1) is 19.1. The molecule has 1 aliphatic rings. The van der Waals surface area contributed by atoms with Gasteiger partial charge in [-0.1, -0.05) is 36.4 Å². The molecular weight excluding hydrogens is 343 g/mol. The van der Waals surface area contributed by atoms with E-state index in [0.717, 1.165) is 12.0 Å². The zero-order chi connectivity index (χ0) is 19.2. The smallest absolute Gasteiger partial charge is 0.227 e. The van der Waals surface area contributed by atoms with E-state index in [9.17, 15) is 14.0 Å². The van der Waals surface area contributed by atoms with Gasteiger partial charge in [0.1, 0.15) is 5.82 Å². The second-order valence-electron chi connectivity index (χ2n) is 6.99. The highest BCUT2D eigenvalue weighted by Gasteiger charge is 2.24. The lowest BCUT2D eigenvalue weighted by Crippen LogP contribution is -2.51. The van der Waals surface area contributed by atoms with Crippen molar-refractivity contribution < 1.29 is 14.0 Å². The summed E-state index contributed by atoms with van der Waals surface area (Å²) in [7, 11) is 0. The number of amides is 2. The molecule has 2 amide bonds. The van der Waals surface area contributed by atoms with E-state index in [0.29, 0.717) is 32.6 Å². The Morgan fingerprint density at radius 3 is 2.11 bits per heavy atom. The van der Waals surface area contributed by atoms with Crippen molar-refractivity contribution in [1.29, 1.82) is 0 Å². The van der Waals surface area contributed by atoms with Gasteiger partial charge in [-0.05, 0) is 42.2 Å². The Balaban J connectivity index is 1.45. The number of nitrogens with zero attached hydrogens (tertiary/aromatic N) is 2. The zero-order valence-electron chi connectivity index (χ0n) is 15.7. The maximum absolute atomic E-state index is 13.0. The maximum atomic E-state index is 13.0. The first-order valence-electron chi connectivity index (χ1n) is 9.37. The third-order valence-electron chi connectivity index (χ3n) is 5.12. The highest BCUT2D eigenvalue weighted by atomic mass is 19.1. The molecule has 0 bridgehead atoms. The quantitative estimate of drug-likeness (QED) is 0.814. The van der Waals surface area contributed by atoms with Crippen LogP contribution in [0.15, 0.2) is 48.5 Å². The van der Waals surface area contributed by atoms with E-state index in [-0.39, 0.29) is 24.1 Å². The van der Waals surface area contributed by atoms with Crippen LogP contribution in [0.3, 0.4) is 0 Å². The number of hydrogen-bond donors (Lipinski definition) is 0. The summed E-state index contributed by atoms with van der Waals surface area (Å²) in [6.07, 6.45) is 1.51. The molecule has 3 rings (SSSR count). The third-order valence-corrected chi connectivity index (χ3v) is 5.12. The summed E-state index contributed by atoms with van der Waals surface area (Å²) in [6, 6.07) is 14.1. The van der Waals surface area contributed by atoms with Gasteiger partial charge in [0.05, 0.1) is 6.42 Å². The molecule has 5 heteroatoms. The summed E-state index contributed by atoms with van der Waals surface area (Å²) in [5.74, 6) is -0.137. The molecule has 0 aromatic heterocycles. The average Bonchev–Trinajstić information content (AvgIpc) is 2.69. The first-order valence-corrected chi connectivity index (χ1v) is 9.37. The van der Waals surface area contributed by atoms with Crippen LogP contribution >= 0.6 is 0 Å². The fourth-order valence-electron chi connectivity index (χ4n) is 3.38. The first-order chi connectivity index (χ1) is 13.0. The van der Waals surface area contributed by atoms with E-state index in [1.54, 1.807) is 17.0 Å². The Morgan fingerprint density at radius 1 is 0.889 bits per heavy atom. The van der Waals surface area contributed by atoms with Crippen LogP contribution in [0.4, 0.5) is 4.39 Å². The normalized spacial score (nSPS) is 14.3. The average molecular weight is 368 g/mol. The van der Waals surface area contributed by atoms with E-state index in [1.807, 2.05) is 17.0 Å². The molecule has 0 radical (unpaired) electrons.